The van der Waals surface area contributed by atoms with Crippen molar-refractivity contribution in [3.05, 3.63) is 188 Å². The molecule has 59 heavy (non-hydrogen) atoms. The first-order chi connectivity index (χ1) is 29.2. The van der Waals surface area contributed by atoms with Crippen LogP contribution in [0.4, 0.5) is 17.1 Å². The van der Waals surface area contributed by atoms with E-state index in [0.29, 0.717) is 0 Å². The molecule has 8 aromatic carbocycles. The van der Waals surface area contributed by atoms with Gasteiger partial charge in [-0.2, -0.15) is 0 Å². The lowest BCUT2D eigenvalue weighted by molar-refractivity contribution is 0.673. The lowest BCUT2D eigenvalue weighted by Gasteiger charge is -2.34. The van der Waals surface area contributed by atoms with Gasteiger partial charge in [0.25, 0.3) is 6.71 Å². The molecule has 5 nitrogen and oxygen atoms in total. The van der Waals surface area contributed by atoms with Gasteiger partial charge in [0.2, 0.25) is 0 Å². The molecule has 4 aromatic heterocycles. The largest absolute Gasteiger partial charge is 0.454 e. The second kappa shape index (κ2) is 11.2. The zero-order valence-electron chi connectivity index (χ0n) is 32.1. The van der Waals surface area contributed by atoms with Crippen LogP contribution < -0.4 is 21.3 Å². The number of fused-ring (bicyclic) bond motifs is 14. The van der Waals surface area contributed by atoms with Gasteiger partial charge in [0.05, 0.1) is 27.6 Å². The minimum Gasteiger partial charge on any atom is -0.454 e. The molecule has 0 radical (unpaired) electrons. The van der Waals surface area contributed by atoms with Gasteiger partial charge in [0.1, 0.15) is 11.1 Å². The van der Waals surface area contributed by atoms with E-state index in [-0.39, 0.29) is 6.71 Å². The van der Waals surface area contributed by atoms with Crippen molar-refractivity contribution >= 4 is 106 Å². The molecule has 0 bridgehead atoms. The number of aromatic nitrogens is 3. The van der Waals surface area contributed by atoms with Gasteiger partial charge in [0, 0.05) is 55.7 Å². The fourth-order valence-electron chi connectivity index (χ4n) is 10.8. The fourth-order valence-corrected chi connectivity index (χ4v) is 10.8. The maximum atomic E-state index is 6.70. The Morgan fingerprint density at radius 1 is 0.441 bits per heavy atom. The Labute approximate surface area is 339 Å². The van der Waals surface area contributed by atoms with Crippen molar-refractivity contribution in [3.63, 3.8) is 0 Å². The summed E-state index contributed by atoms with van der Waals surface area (Å²) in [5, 5.41) is 4.77. The number of nitrogens with zero attached hydrogens (tertiary/aromatic N) is 4. The fraction of sp³-hybridized carbons (Fsp3) is 0.0189. The monoisotopic (exact) mass is 752 g/mol. The molecule has 0 amide bonds. The number of furan rings is 1. The lowest BCUT2D eigenvalue weighted by atomic mass is 9.34. The van der Waals surface area contributed by atoms with Gasteiger partial charge in [-0.05, 0) is 114 Å². The molecule has 12 aromatic rings. The molecule has 0 spiro atoms. The SMILES string of the molecule is Cc1cc2c3c(c1)-n1c4c(cccc4c4c1c1ccc(N(c5ccccc5)c5ccccc5)cc1n4-c1ccccc1)B3c1cccc3c4oc5ccccc5c4n-2c13. The molecule has 0 unspecified atom stereocenters. The summed E-state index contributed by atoms with van der Waals surface area (Å²) in [6.45, 7) is 2.31. The van der Waals surface area contributed by atoms with Crippen molar-refractivity contribution in [2.45, 2.75) is 6.92 Å². The highest BCUT2D eigenvalue weighted by Gasteiger charge is 2.42. The van der Waals surface area contributed by atoms with Crippen LogP contribution >= 0.6 is 0 Å². The molecule has 14 rings (SSSR count). The Morgan fingerprint density at radius 2 is 1.02 bits per heavy atom. The molecule has 274 valence electrons. The molecule has 2 aliphatic heterocycles. The Balaban J connectivity index is 1.13. The second-order valence-corrected chi connectivity index (χ2v) is 16.2. The predicted molar refractivity (Wildman–Crippen MR) is 246 cm³/mol. The van der Waals surface area contributed by atoms with E-state index in [4.69, 9.17) is 4.42 Å². The minimum absolute atomic E-state index is 0.0608. The van der Waals surface area contributed by atoms with Crippen molar-refractivity contribution in [2.24, 2.45) is 0 Å². The Morgan fingerprint density at radius 3 is 1.73 bits per heavy atom. The summed E-state index contributed by atoms with van der Waals surface area (Å²) in [5.41, 5.74) is 21.3. The van der Waals surface area contributed by atoms with Crippen molar-refractivity contribution in [1.82, 2.24) is 13.7 Å². The molecule has 2 aliphatic rings. The molecular weight excluding hydrogens is 719 g/mol. The van der Waals surface area contributed by atoms with Crippen LogP contribution in [0.25, 0.3) is 82.9 Å². The maximum absolute atomic E-state index is 6.70. The molecule has 0 N–H and O–H groups in total. The first-order valence-electron chi connectivity index (χ1n) is 20.4. The normalized spacial score (nSPS) is 12.8. The van der Waals surface area contributed by atoms with Crippen LogP contribution in [0.5, 0.6) is 0 Å². The molecule has 0 atom stereocenters. The van der Waals surface area contributed by atoms with E-state index in [2.05, 4.69) is 208 Å². The predicted octanol–water partition coefficient (Wildman–Crippen LogP) is 11.5. The third kappa shape index (κ3) is 3.95. The van der Waals surface area contributed by atoms with E-state index >= 15 is 0 Å². The average Bonchev–Trinajstić information content (AvgIpc) is 4.02. The summed E-state index contributed by atoms with van der Waals surface area (Å²) in [4.78, 5) is 2.36. The van der Waals surface area contributed by atoms with Crippen LogP contribution in [-0.2, 0) is 0 Å². The summed E-state index contributed by atoms with van der Waals surface area (Å²) in [5.74, 6) is 0. The molecule has 6 heterocycles. The molecular formula is C53H33BN4O. The quantitative estimate of drug-likeness (QED) is 0.168. The highest BCUT2D eigenvalue weighted by Crippen LogP contribution is 2.46. The van der Waals surface area contributed by atoms with E-state index in [1.807, 2.05) is 0 Å². The first kappa shape index (κ1) is 31.4. The zero-order chi connectivity index (χ0) is 38.5. The van der Waals surface area contributed by atoms with E-state index < -0.39 is 0 Å². The summed E-state index contributed by atoms with van der Waals surface area (Å²) >= 11 is 0. The van der Waals surface area contributed by atoms with Gasteiger partial charge < -0.3 is 23.0 Å². The van der Waals surface area contributed by atoms with Gasteiger partial charge in [0.15, 0.2) is 5.58 Å². The third-order valence-electron chi connectivity index (χ3n) is 13.0. The van der Waals surface area contributed by atoms with Gasteiger partial charge in [-0.25, -0.2) is 0 Å². The summed E-state index contributed by atoms with van der Waals surface area (Å²) in [6.07, 6.45) is 0. The Bertz CT molecular complexity index is 3700. The molecule has 0 fully saturated rings. The van der Waals surface area contributed by atoms with Gasteiger partial charge in [-0.1, -0.05) is 97.1 Å². The van der Waals surface area contributed by atoms with Gasteiger partial charge in [-0.3, -0.25) is 0 Å². The van der Waals surface area contributed by atoms with E-state index in [1.54, 1.807) is 0 Å². The number of hydrogen-bond donors (Lipinski definition) is 0. The smallest absolute Gasteiger partial charge is 0.252 e. The van der Waals surface area contributed by atoms with Crippen LogP contribution in [-0.4, -0.2) is 20.4 Å². The van der Waals surface area contributed by atoms with E-state index in [0.717, 1.165) is 50.2 Å². The molecule has 0 saturated carbocycles. The first-order valence-corrected chi connectivity index (χ1v) is 20.4. The van der Waals surface area contributed by atoms with E-state index in [1.165, 1.54) is 71.7 Å². The summed E-state index contributed by atoms with van der Waals surface area (Å²) < 4.78 is 14.3. The number of hydrogen-bond acceptors (Lipinski definition) is 2. The minimum atomic E-state index is 0.0608. The summed E-state index contributed by atoms with van der Waals surface area (Å²) in [7, 11) is 0. The number of para-hydroxylation sites is 6. The van der Waals surface area contributed by atoms with Crippen molar-refractivity contribution < 1.29 is 4.42 Å². The van der Waals surface area contributed by atoms with Crippen molar-refractivity contribution in [2.75, 3.05) is 4.90 Å². The van der Waals surface area contributed by atoms with Gasteiger partial charge in [-0.15, -0.1) is 0 Å². The number of rotatable bonds is 4. The lowest BCUT2D eigenvalue weighted by Crippen LogP contribution is -2.59. The number of aryl methyl sites for hydroxylation is 1. The van der Waals surface area contributed by atoms with Crippen LogP contribution in [0, 0.1) is 6.92 Å². The van der Waals surface area contributed by atoms with Gasteiger partial charge >= 0.3 is 0 Å². The second-order valence-electron chi connectivity index (χ2n) is 16.2. The van der Waals surface area contributed by atoms with E-state index in [9.17, 15) is 0 Å². The Hall–Kier alpha value is -7.70. The Kier molecular flexibility index (Phi) is 5.98. The van der Waals surface area contributed by atoms with Crippen LogP contribution in [0.1, 0.15) is 5.56 Å². The van der Waals surface area contributed by atoms with Crippen LogP contribution in [0.2, 0.25) is 0 Å². The number of benzene rings is 8. The highest BCUT2D eigenvalue weighted by atomic mass is 16.3. The third-order valence-corrected chi connectivity index (χ3v) is 13.0. The molecule has 6 heteroatoms. The highest BCUT2D eigenvalue weighted by molar-refractivity contribution is 7.00. The van der Waals surface area contributed by atoms with Crippen LogP contribution in [0.3, 0.4) is 0 Å². The maximum Gasteiger partial charge on any atom is 0.252 e. The average molecular weight is 753 g/mol. The topological polar surface area (TPSA) is 31.2 Å². The zero-order valence-corrected chi connectivity index (χ0v) is 32.1. The van der Waals surface area contributed by atoms with Crippen molar-refractivity contribution in [1.29, 1.82) is 0 Å². The van der Waals surface area contributed by atoms with Crippen molar-refractivity contribution in [3.8, 4) is 17.1 Å². The molecule has 0 aliphatic carbocycles. The van der Waals surface area contributed by atoms with Crippen LogP contribution in [0.15, 0.2) is 186 Å². The number of anilines is 3. The molecule has 0 saturated heterocycles. The standard InChI is InChI=1S/C53H33BN4O/c1-32-29-44-47-45(30-32)58-49-40(53-52(58)38-21-11-12-26-46(38)59-53)23-14-25-42(49)54(47)41-24-13-22-39-48(41)57(44)50-37-28-27-36(31-43(37)56(51(39)50)35-19-9-4-10-20-35)55(33-15-5-2-6-16-33)34-17-7-3-8-18-34/h2-31H,1H3. The summed E-state index contributed by atoms with van der Waals surface area (Å²) in [6, 6.07) is 66.4.